The third kappa shape index (κ3) is 3.29. The zero-order valence-electron chi connectivity index (χ0n) is 13.1. The molecule has 3 aromatic heterocycles. The van der Waals surface area contributed by atoms with Gasteiger partial charge < -0.3 is 12.4 Å². The Labute approximate surface area is 146 Å². The fourth-order valence-corrected chi connectivity index (χ4v) is 2.83. The molecule has 0 saturated heterocycles. The Balaban J connectivity index is 0.00000169. The number of nitrogens with zero attached hydrogens (tertiary/aromatic N) is 4. The Hall–Kier alpha value is -2.72. The molecule has 0 unspecified atom stereocenters. The highest BCUT2D eigenvalue weighted by Gasteiger charge is 2.16. The molecule has 3 heterocycles. The maximum absolute atomic E-state index is 4.43. The second kappa shape index (κ2) is 7.23. The van der Waals surface area contributed by atoms with Crippen molar-refractivity contribution >= 4 is 11.0 Å². The number of rotatable bonds is 4. The molecular formula is C19H17ClN4. The summed E-state index contributed by atoms with van der Waals surface area (Å²) in [6.07, 6.45) is 5.82. The van der Waals surface area contributed by atoms with Crippen LogP contribution in [-0.2, 0) is 13.1 Å². The molecule has 4 nitrogen and oxygen atoms in total. The summed E-state index contributed by atoms with van der Waals surface area (Å²) in [5.74, 6) is 0. The third-order valence-electron chi connectivity index (χ3n) is 3.90. The van der Waals surface area contributed by atoms with Crippen molar-refractivity contribution < 1.29 is 17.0 Å². The van der Waals surface area contributed by atoms with Gasteiger partial charge in [0, 0.05) is 12.4 Å². The summed E-state index contributed by atoms with van der Waals surface area (Å²) in [5.41, 5.74) is 4.51. The monoisotopic (exact) mass is 336 g/mol. The fourth-order valence-electron chi connectivity index (χ4n) is 2.83. The van der Waals surface area contributed by atoms with Gasteiger partial charge in [0.05, 0.1) is 11.4 Å². The molecule has 0 radical (unpaired) electrons. The predicted molar refractivity (Wildman–Crippen MR) is 88.8 cm³/mol. The number of fused-ring (bicyclic) bond motifs is 1. The van der Waals surface area contributed by atoms with Crippen LogP contribution >= 0.6 is 0 Å². The Bertz CT molecular complexity index is 844. The molecule has 0 N–H and O–H groups in total. The highest BCUT2D eigenvalue weighted by molar-refractivity contribution is 5.71. The highest BCUT2D eigenvalue weighted by Crippen LogP contribution is 2.13. The molecule has 0 aliphatic carbocycles. The SMILES string of the molecule is [Cl-].c1ccc(Cn2c[n+](Cc3ccccn3)c3ccccc32)nc1. The van der Waals surface area contributed by atoms with E-state index in [9.17, 15) is 0 Å². The van der Waals surface area contributed by atoms with Crippen LogP contribution in [-0.4, -0.2) is 14.5 Å². The summed E-state index contributed by atoms with van der Waals surface area (Å²) >= 11 is 0. The Morgan fingerprint density at radius 3 is 2.17 bits per heavy atom. The molecule has 4 aromatic rings. The first-order valence-electron chi connectivity index (χ1n) is 7.67. The number of imidazole rings is 1. The van der Waals surface area contributed by atoms with Crippen molar-refractivity contribution in [3.63, 3.8) is 0 Å². The molecule has 1 aromatic carbocycles. The lowest BCUT2D eigenvalue weighted by Gasteiger charge is -1.97. The molecule has 120 valence electrons. The zero-order chi connectivity index (χ0) is 15.5. The van der Waals surface area contributed by atoms with E-state index in [2.05, 4.69) is 61.8 Å². The standard InChI is InChI=1S/C19H17N4.ClH/c1-2-10-19-18(9-1)22(13-16-7-3-5-11-20-16)15-23(19)14-17-8-4-6-12-21-17;/h1-12,15H,13-14H2;1H/q+1;/p-1. The summed E-state index contributed by atoms with van der Waals surface area (Å²) in [6, 6.07) is 20.5. The van der Waals surface area contributed by atoms with E-state index in [1.165, 1.54) is 11.0 Å². The molecule has 0 fully saturated rings. The smallest absolute Gasteiger partial charge is 0.245 e. The summed E-state index contributed by atoms with van der Waals surface area (Å²) in [7, 11) is 0. The lowest BCUT2D eigenvalue weighted by Crippen LogP contribution is -3.00. The van der Waals surface area contributed by atoms with E-state index in [-0.39, 0.29) is 12.4 Å². The number of hydrogen-bond acceptors (Lipinski definition) is 2. The molecule has 0 spiro atoms. The molecule has 0 amide bonds. The first-order chi connectivity index (χ1) is 11.4. The van der Waals surface area contributed by atoms with Gasteiger partial charge in [0.1, 0.15) is 13.1 Å². The van der Waals surface area contributed by atoms with Crippen molar-refractivity contribution in [2.24, 2.45) is 0 Å². The molecule has 0 saturated carbocycles. The third-order valence-corrected chi connectivity index (χ3v) is 3.90. The predicted octanol–water partition coefficient (Wildman–Crippen LogP) is -0.181. The van der Waals surface area contributed by atoms with E-state index < -0.39 is 0 Å². The molecule has 5 heteroatoms. The van der Waals surface area contributed by atoms with E-state index >= 15 is 0 Å². The highest BCUT2D eigenvalue weighted by atomic mass is 35.5. The van der Waals surface area contributed by atoms with Gasteiger partial charge in [-0.25, -0.2) is 9.13 Å². The number of hydrogen-bond donors (Lipinski definition) is 0. The van der Waals surface area contributed by atoms with E-state index in [4.69, 9.17) is 0 Å². The second-order valence-corrected chi connectivity index (χ2v) is 5.50. The van der Waals surface area contributed by atoms with Crippen molar-refractivity contribution in [1.82, 2.24) is 14.5 Å². The van der Waals surface area contributed by atoms with Crippen LogP contribution < -0.4 is 17.0 Å². The van der Waals surface area contributed by atoms with Gasteiger partial charge in [-0.1, -0.05) is 24.3 Å². The van der Waals surface area contributed by atoms with Crippen LogP contribution in [0, 0.1) is 0 Å². The van der Waals surface area contributed by atoms with Gasteiger partial charge in [-0.2, -0.15) is 0 Å². The molecule has 4 rings (SSSR count). The van der Waals surface area contributed by atoms with Crippen molar-refractivity contribution in [1.29, 1.82) is 0 Å². The van der Waals surface area contributed by atoms with E-state index in [1.54, 1.807) is 0 Å². The van der Waals surface area contributed by atoms with Gasteiger partial charge in [0.2, 0.25) is 6.33 Å². The molecule has 24 heavy (non-hydrogen) atoms. The van der Waals surface area contributed by atoms with Gasteiger partial charge in [-0.05, 0) is 36.4 Å². The molecule has 0 aliphatic heterocycles. The first kappa shape index (κ1) is 16.1. The van der Waals surface area contributed by atoms with Crippen LogP contribution in [0.3, 0.4) is 0 Å². The van der Waals surface area contributed by atoms with E-state index in [0.29, 0.717) is 0 Å². The normalized spacial score (nSPS) is 10.5. The average Bonchev–Trinajstić information content (AvgIpc) is 2.95. The quantitative estimate of drug-likeness (QED) is 0.485. The lowest BCUT2D eigenvalue weighted by atomic mass is 10.3. The van der Waals surface area contributed by atoms with Gasteiger partial charge in [-0.3, -0.25) is 9.97 Å². The minimum absolute atomic E-state index is 0. The molecular weight excluding hydrogens is 320 g/mol. The largest absolute Gasteiger partial charge is 1.00 e. The van der Waals surface area contributed by atoms with E-state index in [1.807, 2.05) is 36.7 Å². The Morgan fingerprint density at radius 1 is 0.792 bits per heavy atom. The second-order valence-electron chi connectivity index (χ2n) is 5.50. The van der Waals surface area contributed by atoms with Gasteiger partial charge in [-0.15, -0.1) is 0 Å². The maximum atomic E-state index is 4.43. The van der Waals surface area contributed by atoms with Crippen molar-refractivity contribution in [2.45, 2.75) is 13.1 Å². The molecule has 0 aliphatic rings. The van der Waals surface area contributed by atoms with Crippen molar-refractivity contribution in [3.05, 3.63) is 90.8 Å². The van der Waals surface area contributed by atoms with E-state index in [0.717, 1.165) is 24.5 Å². The van der Waals surface area contributed by atoms with Crippen LogP contribution in [0.4, 0.5) is 0 Å². The van der Waals surface area contributed by atoms with Crippen molar-refractivity contribution in [2.75, 3.05) is 0 Å². The Morgan fingerprint density at radius 2 is 1.46 bits per heavy atom. The topological polar surface area (TPSA) is 34.6 Å². The number of aromatic nitrogens is 4. The average molecular weight is 337 g/mol. The van der Waals surface area contributed by atoms with Crippen LogP contribution in [0.2, 0.25) is 0 Å². The van der Waals surface area contributed by atoms with Crippen LogP contribution in [0.5, 0.6) is 0 Å². The first-order valence-corrected chi connectivity index (χ1v) is 7.67. The number of pyridine rings is 2. The Kier molecular flexibility index (Phi) is 4.87. The number of para-hydroxylation sites is 2. The van der Waals surface area contributed by atoms with Crippen molar-refractivity contribution in [3.8, 4) is 0 Å². The van der Waals surface area contributed by atoms with Crippen LogP contribution in [0.15, 0.2) is 79.4 Å². The number of halogens is 1. The molecule has 0 bridgehead atoms. The van der Waals surface area contributed by atoms with Gasteiger partial charge in [0.25, 0.3) is 0 Å². The van der Waals surface area contributed by atoms with Crippen LogP contribution in [0.1, 0.15) is 11.4 Å². The summed E-state index contributed by atoms with van der Waals surface area (Å²) in [6.45, 7) is 1.52. The van der Waals surface area contributed by atoms with Gasteiger partial charge >= 0.3 is 0 Å². The number of benzene rings is 1. The summed E-state index contributed by atoms with van der Waals surface area (Å²) in [5, 5.41) is 0. The fraction of sp³-hybridized carbons (Fsp3) is 0.105. The lowest BCUT2D eigenvalue weighted by molar-refractivity contribution is -0.663. The molecule has 0 atom stereocenters. The maximum Gasteiger partial charge on any atom is 0.245 e. The zero-order valence-corrected chi connectivity index (χ0v) is 13.8. The van der Waals surface area contributed by atoms with Gasteiger partial charge in [0.15, 0.2) is 11.0 Å². The summed E-state index contributed by atoms with van der Waals surface area (Å²) < 4.78 is 4.47. The minimum Gasteiger partial charge on any atom is -1.00 e. The summed E-state index contributed by atoms with van der Waals surface area (Å²) in [4.78, 5) is 8.86. The minimum atomic E-state index is 0. The van der Waals surface area contributed by atoms with Crippen LogP contribution in [0.25, 0.3) is 11.0 Å².